The van der Waals surface area contributed by atoms with Crippen molar-refractivity contribution >= 4 is 17.3 Å². The molecule has 0 heterocycles. The predicted molar refractivity (Wildman–Crippen MR) is 78.1 cm³/mol. The molecule has 0 saturated carbocycles. The second-order valence-corrected chi connectivity index (χ2v) is 4.65. The molecule has 0 aliphatic heterocycles. The third-order valence-electron chi connectivity index (χ3n) is 2.52. The molecule has 2 aromatic rings. The maximum absolute atomic E-state index is 13.8. The monoisotopic (exact) mass is 295 g/mol. The zero-order valence-corrected chi connectivity index (χ0v) is 11.8. The van der Waals surface area contributed by atoms with Crippen LogP contribution in [-0.4, -0.2) is 6.61 Å². The second kappa shape index (κ2) is 6.48. The molecule has 0 radical (unpaired) electrons. The number of anilines is 1. The fourth-order valence-electron chi connectivity index (χ4n) is 1.65. The lowest BCUT2D eigenvalue weighted by Crippen LogP contribution is -1.97. The van der Waals surface area contributed by atoms with E-state index in [1.807, 2.05) is 6.92 Å². The first-order chi connectivity index (χ1) is 9.60. The Labute approximate surface area is 122 Å². The van der Waals surface area contributed by atoms with Gasteiger partial charge < -0.3 is 15.2 Å². The highest BCUT2D eigenvalue weighted by Gasteiger charge is 2.09. The molecule has 2 aromatic carbocycles. The van der Waals surface area contributed by atoms with Crippen LogP contribution in [0.25, 0.3) is 0 Å². The standard InChI is InChI=1S/C15H15ClFNO2/c1-2-6-19-11-7-10(18)8-12(9-11)20-14-5-3-4-13(16)15(14)17/h3-5,7-9H,2,6,18H2,1H3. The molecule has 0 bridgehead atoms. The van der Waals surface area contributed by atoms with Crippen molar-refractivity contribution in [2.75, 3.05) is 12.3 Å². The molecule has 0 fully saturated rings. The van der Waals surface area contributed by atoms with E-state index in [-0.39, 0.29) is 10.8 Å². The molecule has 106 valence electrons. The quantitative estimate of drug-likeness (QED) is 0.817. The topological polar surface area (TPSA) is 44.5 Å². The van der Waals surface area contributed by atoms with Crippen molar-refractivity contribution in [3.8, 4) is 17.2 Å². The largest absolute Gasteiger partial charge is 0.493 e. The number of benzene rings is 2. The smallest absolute Gasteiger partial charge is 0.184 e. The van der Waals surface area contributed by atoms with E-state index in [4.69, 9.17) is 26.8 Å². The highest BCUT2D eigenvalue weighted by Crippen LogP contribution is 2.32. The van der Waals surface area contributed by atoms with Crippen LogP contribution in [0.3, 0.4) is 0 Å². The lowest BCUT2D eigenvalue weighted by atomic mass is 10.2. The number of halogens is 2. The van der Waals surface area contributed by atoms with Crippen LogP contribution in [0.2, 0.25) is 5.02 Å². The third kappa shape index (κ3) is 3.54. The summed E-state index contributed by atoms with van der Waals surface area (Å²) in [5.41, 5.74) is 6.26. The first-order valence-electron chi connectivity index (χ1n) is 6.25. The second-order valence-electron chi connectivity index (χ2n) is 4.24. The third-order valence-corrected chi connectivity index (χ3v) is 2.81. The van der Waals surface area contributed by atoms with Crippen LogP contribution in [-0.2, 0) is 0 Å². The van der Waals surface area contributed by atoms with E-state index in [2.05, 4.69) is 0 Å². The van der Waals surface area contributed by atoms with Gasteiger partial charge in [-0.2, -0.15) is 0 Å². The number of ether oxygens (including phenoxy) is 2. The molecular weight excluding hydrogens is 281 g/mol. The molecule has 3 nitrogen and oxygen atoms in total. The fourth-order valence-corrected chi connectivity index (χ4v) is 1.81. The van der Waals surface area contributed by atoms with Crippen LogP contribution in [0.4, 0.5) is 10.1 Å². The molecule has 20 heavy (non-hydrogen) atoms. The Kier molecular flexibility index (Phi) is 4.69. The SMILES string of the molecule is CCCOc1cc(N)cc(Oc2cccc(Cl)c2F)c1. The molecule has 5 heteroatoms. The van der Waals surface area contributed by atoms with Gasteiger partial charge in [-0.3, -0.25) is 0 Å². The highest BCUT2D eigenvalue weighted by atomic mass is 35.5. The summed E-state index contributed by atoms with van der Waals surface area (Å²) in [5, 5.41) is 0.00820. The lowest BCUT2D eigenvalue weighted by molar-refractivity contribution is 0.316. The molecule has 0 saturated heterocycles. The Morgan fingerprint density at radius 3 is 2.70 bits per heavy atom. The Hall–Kier alpha value is -1.94. The van der Waals surface area contributed by atoms with Gasteiger partial charge in [0, 0.05) is 23.9 Å². The molecule has 2 rings (SSSR count). The number of rotatable bonds is 5. The van der Waals surface area contributed by atoms with E-state index in [1.54, 1.807) is 24.3 Å². The zero-order valence-electron chi connectivity index (χ0n) is 11.0. The van der Waals surface area contributed by atoms with Gasteiger partial charge in [0.05, 0.1) is 11.6 Å². The van der Waals surface area contributed by atoms with Gasteiger partial charge >= 0.3 is 0 Å². The Bertz CT molecular complexity index is 604. The van der Waals surface area contributed by atoms with Crippen LogP contribution in [0, 0.1) is 5.82 Å². The van der Waals surface area contributed by atoms with Crippen molar-refractivity contribution in [1.82, 2.24) is 0 Å². The van der Waals surface area contributed by atoms with E-state index < -0.39 is 5.82 Å². The average molecular weight is 296 g/mol. The molecule has 0 aliphatic rings. The van der Waals surface area contributed by atoms with Crippen molar-refractivity contribution in [3.05, 3.63) is 47.2 Å². The Balaban J connectivity index is 2.24. The van der Waals surface area contributed by atoms with Crippen LogP contribution in [0.1, 0.15) is 13.3 Å². The minimum absolute atomic E-state index is 0.00820. The molecule has 0 unspecified atom stereocenters. The lowest BCUT2D eigenvalue weighted by Gasteiger charge is -2.11. The van der Waals surface area contributed by atoms with Gasteiger partial charge in [0.2, 0.25) is 0 Å². The minimum Gasteiger partial charge on any atom is -0.493 e. The molecular formula is C15H15ClFNO2. The van der Waals surface area contributed by atoms with Crippen molar-refractivity contribution < 1.29 is 13.9 Å². The van der Waals surface area contributed by atoms with E-state index in [0.717, 1.165) is 6.42 Å². The fraction of sp³-hybridized carbons (Fsp3) is 0.200. The highest BCUT2D eigenvalue weighted by molar-refractivity contribution is 6.30. The first-order valence-corrected chi connectivity index (χ1v) is 6.63. The van der Waals surface area contributed by atoms with E-state index in [0.29, 0.717) is 23.8 Å². The summed E-state index contributed by atoms with van der Waals surface area (Å²) in [4.78, 5) is 0. The number of nitrogen functional groups attached to an aromatic ring is 1. The summed E-state index contributed by atoms with van der Waals surface area (Å²) >= 11 is 5.71. The van der Waals surface area contributed by atoms with Crippen molar-refractivity contribution in [2.45, 2.75) is 13.3 Å². The summed E-state index contributed by atoms with van der Waals surface area (Å²) in [5.74, 6) is 0.429. The summed E-state index contributed by atoms with van der Waals surface area (Å²) < 4.78 is 24.7. The predicted octanol–water partition coefficient (Wildman–Crippen LogP) is 4.64. The molecule has 2 N–H and O–H groups in total. The first kappa shape index (κ1) is 14.5. The maximum atomic E-state index is 13.8. The summed E-state index contributed by atoms with van der Waals surface area (Å²) in [7, 11) is 0. The van der Waals surface area contributed by atoms with Crippen LogP contribution in [0.5, 0.6) is 17.2 Å². The van der Waals surface area contributed by atoms with E-state index in [9.17, 15) is 4.39 Å². The van der Waals surface area contributed by atoms with Crippen molar-refractivity contribution in [1.29, 1.82) is 0 Å². The van der Waals surface area contributed by atoms with Crippen molar-refractivity contribution in [2.24, 2.45) is 0 Å². The van der Waals surface area contributed by atoms with Crippen LogP contribution in [0.15, 0.2) is 36.4 Å². The van der Waals surface area contributed by atoms with Crippen LogP contribution < -0.4 is 15.2 Å². The maximum Gasteiger partial charge on any atom is 0.184 e. The van der Waals surface area contributed by atoms with Gasteiger partial charge in [-0.05, 0) is 18.6 Å². The summed E-state index contributed by atoms with van der Waals surface area (Å²) in [6.07, 6.45) is 0.883. The average Bonchev–Trinajstić information content (AvgIpc) is 2.41. The zero-order chi connectivity index (χ0) is 14.5. The van der Waals surface area contributed by atoms with Crippen LogP contribution >= 0.6 is 11.6 Å². The molecule has 0 aliphatic carbocycles. The Morgan fingerprint density at radius 2 is 1.95 bits per heavy atom. The number of hydrogen-bond donors (Lipinski definition) is 1. The minimum atomic E-state index is -0.604. The van der Waals surface area contributed by atoms with Gasteiger partial charge in [0.1, 0.15) is 11.5 Å². The molecule has 0 amide bonds. The van der Waals surface area contributed by atoms with Gasteiger partial charge in [-0.1, -0.05) is 24.6 Å². The number of nitrogens with two attached hydrogens (primary N) is 1. The van der Waals surface area contributed by atoms with Gasteiger partial charge in [-0.25, -0.2) is 4.39 Å². The Morgan fingerprint density at radius 1 is 1.20 bits per heavy atom. The van der Waals surface area contributed by atoms with Gasteiger partial charge in [0.15, 0.2) is 11.6 Å². The molecule has 0 spiro atoms. The van der Waals surface area contributed by atoms with Gasteiger partial charge in [0.25, 0.3) is 0 Å². The summed E-state index contributed by atoms with van der Waals surface area (Å²) in [6.45, 7) is 2.58. The molecule has 0 aromatic heterocycles. The summed E-state index contributed by atoms with van der Waals surface area (Å²) in [6, 6.07) is 9.51. The van der Waals surface area contributed by atoms with E-state index >= 15 is 0 Å². The molecule has 0 atom stereocenters. The van der Waals surface area contributed by atoms with E-state index in [1.165, 1.54) is 12.1 Å². The van der Waals surface area contributed by atoms with Crippen molar-refractivity contribution in [3.63, 3.8) is 0 Å². The number of hydrogen-bond acceptors (Lipinski definition) is 3. The van der Waals surface area contributed by atoms with Gasteiger partial charge in [-0.15, -0.1) is 0 Å². The normalized spacial score (nSPS) is 10.3.